The lowest BCUT2D eigenvalue weighted by molar-refractivity contribution is -0.00294. The van der Waals surface area contributed by atoms with Crippen molar-refractivity contribution in [2.75, 3.05) is 50.8 Å². The van der Waals surface area contributed by atoms with E-state index in [2.05, 4.69) is 14.8 Å². The molecule has 3 fully saturated rings. The molecular weight excluding hydrogens is 360 g/mol. The Balaban J connectivity index is 1.30. The van der Waals surface area contributed by atoms with Gasteiger partial charge in [-0.2, -0.15) is 0 Å². The van der Waals surface area contributed by atoms with E-state index in [1.807, 2.05) is 11.8 Å². The molecular formula is C20H28N4O4. The minimum atomic E-state index is -0.931. The van der Waals surface area contributed by atoms with E-state index in [1.54, 1.807) is 18.3 Å². The third-order valence-corrected chi connectivity index (χ3v) is 6.40. The van der Waals surface area contributed by atoms with Crippen molar-refractivity contribution in [2.24, 2.45) is 5.41 Å². The van der Waals surface area contributed by atoms with Crippen molar-refractivity contribution in [2.45, 2.75) is 32.2 Å². The van der Waals surface area contributed by atoms with Gasteiger partial charge in [-0.05, 0) is 38.3 Å². The van der Waals surface area contributed by atoms with Crippen LogP contribution >= 0.6 is 0 Å². The molecule has 1 amide bonds. The van der Waals surface area contributed by atoms with Crippen molar-refractivity contribution in [1.29, 1.82) is 0 Å². The first-order valence-corrected chi connectivity index (χ1v) is 10.1. The number of hydrogen-bond acceptors (Lipinski definition) is 6. The number of carboxylic acid groups (broad SMARTS) is 1. The van der Waals surface area contributed by atoms with E-state index in [0.29, 0.717) is 18.5 Å². The molecule has 3 heterocycles. The van der Waals surface area contributed by atoms with Crippen LogP contribution in [0.5, 0.6) is 0 Å². The fourth-order valence-electron chi connectivity index (χ4n) is 5.00. The van der Waals surface area contributed by atoms with E-state index in [9.17, 15) is 14.7 Å². The standard InChI is InChI=1S/C20H28N4O4/c1-2-28-19(27)24-13-20(14-24)6-5-15(12-20)22-8-10-23(11-9-22)17-16(18(25)26)4-3-7-21-17/h3-4,7,15H,2,5-6,8-14H2,1H3,(H,25,26)/t15-/m1/s1. The first kappa shape index (κ1) is 19.0. The fourth-order valence-corrected chi connectivity index (χ4v) is 5.00. The highest BCUT2D eigenvalue weighted by molar-refractivity contribution is 5.93. The van der Waals surface area contributed by atoms with Gasteiger partial charge in [-0.15, -0.1) is 0 Å². The fraction of sp³-hybridized carbons (Fsp3) is 0.650. The Labute approximate surface area is 165 Å². The number of likely N-dealkylation sites (tertiary alicyclic amines) is 1. The largest absolute Gasteiger partial charge is 0.478 e. The van der Waals surface area contributed by atoms with E-state index in [-0.39, 0.29) is 17.1 Å². The lowest BCUT2D eigenvalue weighted by Gasteiger charge is -2.48. The number of aromatic nitrogens is 1. The average molecular weight is 388 g/mol. The predicted molar refractivity (Wildman–Crippen MR) is 104 cm³/mol. The van der Waals surface area contributed by atoms with Crippen LogP contribution in [-0.4, -0.2) is 83.9 Å². The Morgan fingerprint density at radius 3 is 2.71 bits per heavy atom. The summed E-state index contributed by atoms with van der Waals surface area (Å²) in [4.78, 5) is 34.0. The number of carboxylic acids is 1. The van der Waals surface area contributed by atoms with Crippen LogP contribution in [0.4, 0.5) is 10.6 Å². The number of hydrogen-bond donors (Lipinski definition) is 1. The molecule has 1 saturated carbocycles. The molecule has 152 valence electrons. The number of anilines is 1. The van der Waals surface area contributed by atoms with Crippen LogP contribution in [0.1, 0.15) is 36.5 Å². The molecule has 0 aromatic carbocycles. The lowest BCUT2D eigenvalue weighted by Crippen LogP contribution is -2.58. The number of carbonyl (C=O) groups is 2. The highest BCUT2D eigenvalue weighted by atomic mass is 16.6. The maximum absolute atomic E-state index is 11.8. The molecule has 4 rings (SSSR count). The monoisotopic (exact) mass is 388 g/mol. The number of nitrogens with zero attached hydrogens (tertiary/aromatic N) is 4. The van der Waals surface area contributed by atoms with Crippen molar-refractivity contribution >= 4 is 17.9 Å². The number of amides is 1. The van der Waals surface area contributed by atoms with Crippen molar-refractivity contribution in [3.05, 3.63) is 23.9 Å². The van der Waals surface area contributed by atoms with Gasteiger partial charge >= 0.3 is 12.1 Å². The second-order valence-electron chi connectivity index (χ2n) is 8.15. The molecule has 28 heavy (non-hydrogen) atoms. The third kappa shape index (κ3) is 3.53. The van der Waals surface area contributed by atoms with Crippen LogP contribution in [0, 0.1) is 5.41 Å². The predicted octanol–water partition coefficient (Wildman–Crippen LogP) is 1.91. The molecule has 1 spiro atoms. The zero-order valence-corrected chi connectivity index (χ0v) is 16.3. The molecule has 0 radical (unpaired) electrons. The molecule has 3 aliphatic rings. The summed E-state index contributed by atoms with van der Waals surface area (Å²) in [7, 11) is 0. The summed E-state index contributed by atoms with van der Waals surface area (Å²) in [5, 5.41) is 9.39. The minimum absolute atomic E-state index is 0.185. The quantitative estimate of drug-likeness (QED) is 0.843. The molecule has 2 saturated heterocycles. The zero-order valence-electron chi connectivity index (χ0n) is 16.3. The topological polar surface area (TPSA) is 86.2 Å². The molecule has 1 atom stereocenters. The zero-order chi connectivity index (χ0) is 19.7. The van der Waals surface area contributed by atoms with Crippen LogP contribution in [0.15, 0.2) is 18.3 Å². The van der Waals surface area contributed by atoms with Crippen LogP contribution in [0.25, 0.3) is 0 Å². The molecule has 2 aliphatic heterocycles. The van der Waals surface area contributed by atoms with Gasteiger partial charge in [-0.3, -0.25) is 4.90 Å². The Morgan fingerprint density at radius 2 is 2.04 bits per heavy atom. The smallest absolute Gasteiger partial charge is 0.409 e. The molecule has 1 aromatic heterocycles. The van der Waals surface area contributed by atoms with Gasteiger partial charge in [0.1, 0.15) is 11.4 Å². The van der Waals surface area contributed by atoms with Crippen LogP contribution < -0.4 is 4.90 Å². The normalized spacial score (nSPS) is 24.2. The van der Waals surface area contributed by atoms with Gasteiger partial charge in [0.2, 0.25) is 0 Å². The summed E-state index contributed by atoms with van der Waals surface area (Å²) in [6.07, 6.45) is 4.93. The van der Waals surface area contributed by atoms with E-state index < -0.39 is 5.97 Å². The number of rotatable bonds is 4. The van der Waals surface area contributed by atoms with Gasteiger partial charge in [-0.25, -0.2) is 14.6 Å². The molecule has 0 unspecified atom stereocenters. The summed E-state index contributed by atoms with van der Waals surface area (Å²) in [6.45, 7) is 7.30. The van der Waals surface area contributed by atoms with Gasteiger partial charge in [0.15, 0.2) is 0 Å². The first-order valence-electron chi connectivity index (χ1n) is 10.1. The van der Waals surface area contributed by atoms with Gasteiger partial charge in [-0.1, -0.05) is 0 Å². The van der Waals surface area contributed by atoms with Gasteiger partial charge in [0, 0.05) is 56.9 Å². The summed E-state index contributed by atoms with van der Waals surface area (Å²) < 4.78 is 5.10. The number of ether oxygens (including phenoxy) is 1. The Hall–Kier alpha value is -2.35. The maximum Gasteiger partial charge on any atom is 0.409 e. The Bertz CT molecular complexity index is 741. The SMILES string of the molecule is CCOC(=O)N1CC2(CC[C@@H](N3CCN(c4ncccc4C(=O)O)CC3)C2)C1. The second kappa shape index (κ2) is 7.58. The summed E-state index contributed by atoms with van der Waals surface area (Å²) in [6, 6.07) is 3.83. The van der Waals surface area contributed by atoms with Crippen molar-refractivity contribution < 1.29 is 19.4 Å². The van der Waals surface area contributed by atoms with E-state index in [0.717, 1.165) is 52.1 Å². The van der Waals surface area contributed by atoms with Gasteiger partial charge in [0.05, 0.1) is 6.61 Å². The minimum Gasteiger partial charge on any atom is -0.478 e. The van der Waals surface area contributed by atoms with Gasteiger partial charge in [0.25, 0.3) is 0 Å². The van der Waals surface area contributed by atoms with E-state index in [1.165, 1.54) is 6.42 Å². The second-order valence-corrected chi connectivity index (χ2v) is 8.15. The molecule has 1 aliphatic carbocycles. The maximum atomic E-state index is 11.8. The summed E-state index contributed by atoms with van der Waals surface area (Å²) in [5.41, 5.74) is 0.538. The summed E-state index contributed by atoms with van der Waals surface area (Å²) in [5.74, 6) is -0.360. The molecule has 0 bridgehead atoms. The number of carbonyl (C=O) groups excluding carboxylic acids is 1. The molecule has 1 N–H and O–H groups in total. The Morgan fingerprint density at radius 1 is 1.29 bits per heavy atom. The number of piperazine rings is 1. The van der Waals surface area contributed by atoms with Crippen LogP contribution in [0.2, 0.25) is 0 Å². The van der Waals surface area contributed by atoms with Crippen LogP contribution in [0.3, 0.4) is 0 Å². The average Bonchev–Trinajstić information content (AvgIpc) is 3.13. The van der Waals surface area contributed by atoms with Crippen molar-refractivity contribution in [3.63, 3.8) is 0 Å². The van der Waals surface area contributed by atoms with Crippen molar-refractivity contribution in [1.82, 2.24) is 14.8 Å². The molecule has 1 aromatic rings. The van der Waals surface area contributed by atoms with E-state index >= 15 is 0 Å². The van der Waals surface area contributed by atoms with Gasteiger partial charge < -0.3 is 19.6 Å². The Kier molecular flexibility index (Phi) is 5.14. The number of aromatic carboxylic acids is 1. The highest BCUT2D eigenvalue weighted by Crippen LogP contribution is 2.47. The highest BCUT2D eigenvalue weighted by Gasteiger charge is 2.51. The van der Waals surface area contributed by atoms with Crippen molar-refractivity contribution in [3.8, 4) is 0 Å². The number of pyridine rings is 1. The lowest BCUT2D eigenvalue weighted by atomic mass is 9.78. The first-order chi connectivity index (χ1) is 13.5. The summed E-state index contributed by atoms with van der Waals surface area (Å²) >= 11 is 0. The van der Waals surface area contributed by atoms with Crippen LogP contribution in [-0.2, 0) is 4.74 Å². The molecule has 8 nitrogen and oxygen atoms in total. The molecule has 8 heteroatoms. The third-order valence-electron chi connectivity index (χ3n) is 6.40. The van der Waals surface area contributed by atoms with E-state index in [4.69, 9.17) is 4.74 Å².